The SMILES string of the molecule is O=c1cc(O)nc(-c2ccccc2Cl)[se]1. The summed E-state index contributed by atoms with van der Waals surface area (Å²) in [6.45, 7) is 0. The fourth-order valence-electron chi connectivity index (χ4n) is 1.14. The molecule has 0 saturated heterocycles. The van der Waals surface area contributed by atoms with Gasteiger partial charge in [0.05, 0.1) is 0 Å². The van der Waals surface area contributed by atoms with Crippen LogP contribution in [0.5, 0.6) is 5.88 Å². The fourth-order valence-corrected chi connectivity index (χ4v) is 3.13. The maximum atomic E-state index is 11.2. The quantitative estimate of drug-likeness (QED) is 0.809. The van der Waals surface area contributed by atoms with E-state index in [1.807, 2.05) is 6.07 Å². The van der Waals surface area contributed by atoms with Gasteiger partial charge in [0.15, 0.2) is 0 Å². The molecule has 1 aromatic heterocycles. The van der Waals surface area contributed by atoms with Gasteiger partial charge in [-0.2, -0.15) is 0 Å². The molecular weight excluding hydrogens is 281 g/mol. The molecule has 0 saturated carbocycles. The zero-order chi connectivity index (χ0) is 10.8. The number of hydrogen-bond acceptors (Lipinski definition) is 3. The molecule has 0 bridgehead atoms. The van der Waals surface area contributed by atoms with E-state index < -0.39 is 14.5 Å². The Labute approximate surface area is 96.7 Å². The number of aromatic nitrogens is 1. The number of rotatable bonds is 1. The van der Waals surface area contributed by atoms with E-state index in [1.54, 1.807) is 18.2 Å². The molecular formula is C10H6ClNO2Se. The number of benzene rings is 1. The third-order valence-corrected chi connectivity index (χ3v) is 3.82. The van der Waals surface area contributed by atoms with Gasteiger partial charge in [0.25, 0.3) is 0 Å². The van der Waals surface area contributed by atoms with E-state index >= 15 is 0 Å². The van der Waals surface area contributed by atoms with Crippen molar-refractivity contribution in [2.75, 3.05) is 0 Å². The Hall–Kier alpha value is -1.09. The van der Waals surface area contributed by atoms with Crippen LogP contribution >= 0.6 is 11.6 Å². The van der Waals surface area contributed by atoms with Gasteiger partial charge in [0.1, 0.15) is 0 Å². The van der Waals surface area contributed by atoms with Crippen LogP contribution in [0.25, 0.3) is 10.1 Å². The summed E-state index contributed by atoms with van der Waals surface area (Å²) < 4.78 is 0.461. The van der Waals surface area contributed by atoms with Gasteiger partial charge < -0.3 is 0 Å². The molecule has 2 rings (SSSR count). The Balaban J connectivity index is 2.64. The molecule has 0 spiro atoms. The summed E-state index contributed by atoms with van der Waals surface area (Å²) in [7, 11) is 0. The molecule has 0 unspecified atom stereocenters. The summed E-state index contributed by atoms with van der Waals surface area (Å²) in [5, 5.41) is 9.76. The van der Waals surface area contributed by atoms with E-state index in [1.165, 1.54) is 0 Å². The minimum absolute atomic E-state index is 0.107. The molecule has 1 N–H and O–H groups in total. The molecule has 1 heterocycles. The van der Waals surface area contributed by atoms with E-state index in [-0.39, 0.29) is 10.2 Å². The van der Waals surface area contributed by atoms with Gasteiger partial charge >= 0.3 is 96.7 Å². The van der Waals surface area contributed by atoms with E-state index in [9.17, 15) is 9.90 Å². The normalized spacial score (nSPS) is 10.2. The molecule has 0 fully saturated rings. The molecule has 2 aromatic rings. The maximum absolute atomic E-state index is 11.2. The third kappa shape index (κ3) is 2.29. The van der Waals surface area contributed by atoms with Gasteiger partial charge in [-0.05, 0) is 0 Å². The molecule has 0 aliphatic rings. The topological polar surface area (TPSA) is 50.2 Å². The molecule has 0 aliphatic carbocycles. The van der Waals surface area contributed by atoms with Crippen LogP contribution in [0.2, 0.25) is 5.02 Å². The van der Waals surface area contributed by atoms with Crippen molar-refractivity contribution in [2.24, 2.45) is 0 Å². The number of nitrogens with zero attached hydrogens (tertiary/aromatic N) is 1. The van der Waals surface area contributed by atoms with Gasteiger partial charge in [0.2, 0.25) is 0 Å². The Morgan fingerprint density at radius 1 is 1.33 bits per heavy atom. The summed E-state index contributed by atoms with van der Waals surface area (Å²) in [6.07, 6.45) is 0. The average molecular weight is 287 g/mol. The van der Waals surface area contributed by atoms with E-state index in [4.69, 9.17) is 11.6 Å². The van der Waals surface area contributed by atoms with Crippen molar-refractivity contribution in [3.63, 3.8) is 0 Å². The van der Waals surface area contributed by atoms with Crippen LogP contribution < -0.4 is 4.30 Å². The summed E-state index contributed by atoms with van der Waals surface area (Å²) in [6, 6.07) is 8.28. The summed E-state index contributed by atoms with van der Waals surface area (Å²) in [4.78, 5) is 15.2. The molecule has 3 nitrogen and oxygen atoms in total. The monoisotopic (exact) mass is 287 g/mol. The molecule has 0 atom stereocenters. The second-order valence-electron chi connectivity index (χ2n) is 2.82. The Morgan fingerprint density at radius 3 is 2.73 bits per heavy atom. The number of aromatic hydroxyl groups is 1. The number of hydrogen-bond donors (Lipinski definition) is 1. The predicted molar refractivity (Wildman–Crippen MR) is 59.6 cm³/mol. The Morgan fingerprint density at radius 2 is 2.07 bits per heavy atom. The van der Waals surface area contributed by atoms with E-state index in [0.717, 1.165) is 6.07 Å². The Kier molecular flexibility index (Phi) is 2.91. The molecule has 15 heavy (non-hydrogen) atoms. The van der Waals surface area contributed by atoms with Crippen molar-refractivity contribution in [3.05, 3.63) is 44.5 Å². The summed E-state index contributed by atoms with van der Waals surface area (Å²) in [5.74, 6) is -0.247. The van der Waals surface area contributed by atoms with Crippen molar-refractivity contribution in [1.29, 1.82) is 0 Å². The molecule has 76 valence electrons. The zero-order valence-electron chi connectivity index (χ0n) is 7.48. The second kappa shape index (κ2) is 4.19. The first-order valence-electron chi connectivity index (χ1n) is 4.13. The van der Waals surface area contributed by atoms with Crippen LogP contribution in [0.4, 0.5) is 0 Å². The molecule has 5 heteroatoms. The predicted octanol–water partition coefficient (Wildman–Crippen LogP) is 1.52. The zero-order valence-corrected chi connectivity index (χ0v) is 9.94. The van der Waals surface area contributed by atoms with E-state index in [0.29, 0.717) is 15.2 Å². The van der Waals surface area contributed by atoms with Crippen molar-refractivity contribution in [1.82, 2.24) is 4.98 Å². The van der Waals surface area contributed by atoms with Gasteiger partial charge in [-0.25, -0.2) is 0 Å². The summed E-state index contributed by atoms with van der Waals surface area (Å²) in [5.41, 5.74) is 0.715. The first-order valence-corrected chi connectivity index (χ1v) is 6.22. The van der Waals surface area contributed by atoms with Crippen LogP contribution in [0.1, 0.15) is 0 Å². The Bertz CT molecular complexity index is 553. The van der Waals surface area contributed by atoms with Crippen LogP contribution in [0, 0.1) is 0 Å². The minimum atomic E-state index is -0.406. The molecule has 0 aliphatic heterocycles. The van der Waals surface area contributed by atoms with Crippen molar-refractivity contribution in [3.8, 4) is 16.0 Å². The summed E-state index contributed by atoms with van der Waals surface area (Å²) >= 11 is 5.56. The average Bonchev–Trinajstić information content (AvgIpc) is 2.16. The van der Waals surface area contributed by atoms with Crippen molar-refractivity contribution < 1.29 is 5.11 Å². The van der Waals surface area contributed by atoms with Crippen LogP contribution in [-0.4, -0.2) is 24.6 Å². The first-order chi connectivity index (χ1) is 7.16. The third-order valence-electron chi connectivity index (χ3n) is 1.76. The van der Waals surface area contributed by atoms with Gasteiger partial charge in [-0.3, -0.25) is 0 Å². The first kappa shape index (κ1) is 10.4. The van der Waals surface area contributed by atoms with E-state index in [2.05, 4.69) is 4.98 Å². The molecule has 1 aromatic carbocycles. The second-order valence-corrected chi connectivity index (χ2v) is 5.31. The van der Waals surface area contributed by atoms with Gasteiger partial charge in [-0.15, -0.1) is 0 Å². The fraction of sp³-hybridized carbons (Fsp3) is 0. The molecule has 0 radical (unpaired) electrons. The molecule has 0 amide bonds. The standard InChI is InChI=1S/C10H6ClNO2Se/c11-7-4-2-1-3-6(7)10-12-8(13)5-9(14)15-10/h1-5,13H. The van der Waals surface area contributed by atoms with Crippen LogP contribution in [-0.2, 0) is 0 Å². The van der Waals surface area contributed by atoms with Crippen LogP contribution in [0.3, 0.4) is 0 Å². The number of halogens is 1. The van der Waals surface area contributed by atoms with Crippen molar-refractivity contribution in [2.45, 2.75) is 0 Å². The van der Waals surface area contributed by atoms with Gasteiger partial charge in [0, 0.05) is 0 Å². The van der Waals surface area contributed by atoms with Crippen molar-refractivity contribution >= 4 is 26.1 Å². The van der Waals surface area contributed by atoms with Crippen LogP contribution in [0.15, 0.2) is 35.1 Å². The van der Waals surface area contributed by atoms with Gasteiger partial charge in [-0.1, -0.05) is 0 Å².